The number of carbonyl (C=O) groups excluding carboxylic acids is 2. The number of nitrogens with zero attached hydrogens (tertiary/aromatic N) is 1. The Bertz CT molecular complexity index is 1360. The van der Waals surface area contributed by atoms with E-state index in [1.54, 1.807) is 34.8 Å². The van der Waals surface area contributed by atoms with Crippen molar-refractivity contribution < 1.29 is 30.8 Å². The van der Waals surface area contributed by atoms with Crippen LogP contribution in [-0.4, -0.2) is 11.7 Å². The average Bonchev–Trinajstić information content (AvgIpc) is 3.61. The summed E-state index contributed by atoms with van der Waals surface area (Å²) in [6.45, 7) is 0. The third-order valence-electron chi connectivity index (χ3n) is 6.42. The maximum Gasteiger partial charge on any atom is 0.233 e. The molecular formula is C27H22ClN2O4S-. The number of allylic oxidation sites excluding steroid dienone is 1. The number of para-hydroxylation sites is 2. The van der Waals surface area contributed by atoms with Gasteiger partial charge in [0.15, 0.2) is 5.78 Å². The second-order valence-corrected chi connectivity index (χ2v) is 9.55. The lowest BCUT2D eigenvalue weighted by Crippen LogP contribution is -3.00. The van der Waals surface area contributed by atoms with E-state index >= 15 is 0 Å². The van der Waals surface area contributed by atoms with Gasteiger partial charge in [0.25, 0.3) is 0 Å². The van der Waals surface area contributed by atoms with Gasteiger partial charge in [0, 0.05) is 28.5 Å². The molecule has 2 unspecified atom stereocenters. The fraction of sp³-hybridized carbons (Fsp3) is 0.185. The van der Waals surface area contributed by atoms with Crippen LogP contribution in [-0.2, 0) is 16.0 Å². The summed E-state index contributed by atoms with van der Waals surface area (Å²) < 4.78 is 11.5. The molecule has 178 valence electrons. The van der Waals surface area contributed by atoms with E-state index in [0.717, 1.165) is 27.7 Å². The van der Waals surface area contributed by atoms with Crippen LogP contribution in [0.4, 0.5) is 11.4 Å². The van der Waals surface area contributed by atoms with Crippen LogP contribution in [0.15, 0.2) is 98.7 Å². The van der Waals surface area contributed by atoms with Crippen molar-refractivity contribution in [1.82, 2.24) is 0 Å². The van der Waals surface area contributed by atoms with E-state index in [2.05, 4.69) is 5.32 Å². The van der Waals surface area contributed by atoms with E-state index in [0.29, 0.717) is 24.2 Å². The van der Waals surface area contributed by atoms with Crippen molar-refractivity contribution in [1.29, 1.82) is 0 Å². The first-order valence-electron chi connectivity index (χ1n) is 11.2. The van der Waals surface area contributed by atoms with Crippen LogP contribution in [0.25, 0.3) is 0 Å². The molecule has 8 heteroatoms. The Morgan fingerprint density at radius 2 is 1.74 bits per heavy atom. The molecule has 1 amide bonds. The average molecular weight is 506 g/mol. The van der Waals surface area contributed by atoms with Crippen LogP contribution in [0.2, 0.25) is 0 Å². The molecular weight excluding hydrogens is 484 g/mol. The van der Waals surface area contributed by atoms with Crippen molar-refractivity contribution in [2.75, 3.05) is 10.2 Å². The van der Waals surface area contributed by atoms with Crippen molar-refractivity contribution in [2.24, 2.45) is 0 Å². The van der Waals surface area contributed by atoms with E-state index in [4.69, 9.17) is 8.83 Å². The maximum atomic E-state index is 13.8. The monoisotopic (exact) mass is 505 g/mol. The molecule has 1 N–H and O–H groups in total. The smallest absolute Gasteiger partial charge is 0.233 e. The normalized spacial score (nSPS) is 19.3. The highest BCUT2D eigenvalue weighted by atomic mass is 35.5. The number of fused-ring (bicyclic) bond motifs is 1. The van der Waals surface area contributed by atoms with Gasteiger partial charge in [-0.3, -0.25) is 14.5 Å². The highest BCUT2D eigenvalue weighted by Gasteiger charge is 2.43. The molecule has 1 aliphatic heterocycles. The van der Waals surface area contributed by atoms with Crippen LogP contribution in [0.5, 0.6) is 0 Å². The van der Waals surface area contributed by atoms with E-state index in [1.165, 1.54) is 0 Å². The summed E-state index contributed by atoms with van der Waals surface area (Å²) in [5.74, 6) is 1.19. The molecule has 4 aromatic rings. The predicted molar refractivity (Wildman–Crippen MR) is 130 cm³/mol. The molecule has 1 aliphatic carbocycles. The van der Waals surface area contributed by atoms with Gasteiger partial charge in [-0.25, -0.2) is 0 Å². The van der Waals surface area contributed by atoms with E-state index < -0.39 is 6.04 Å². The van der Waals surface area contributed by atoms with E-state index in [-0.39, 0.29) is 36.4 Å². The first kappa shape index (κ1) is 23.2. The Balaban J connectivity index is 0.00000253. The van der Waals surface area contributed by atoms with E-state index in [1.807, 2.05) is 60.0 Å². The number of thiophene rings is 1. The number of benzene rings is 1. The summed E-state index contributed by atoms with van der Waals surface area (Å²) >= 11 is 1.55. The lowest BCUT2D eigenvalue weighted by atomic mass is 9.81. The predicted octanol–water partition coefficient (Wildman–Crippen LogP) is 3.08. The first-order chi connectivity index (χ1) is 16.7. The molecule has 4 heterocycles. The lowest BCUT2D eigenvalue weighted by Gasteiger charge is -2.33. The minimum Gasteiger partial charge on any atom is -1.00 e. The summed E-state index contributed by atoms with van der Waals surface area (Å²) in [5.41, 5.74) is 2.89. The molecule has 0 saturated heterocycles. The van der Waals surface area contributed by atoms with Crippen molar-refractivity contribution in [3.63, 3.8) is 0 Å². The fourth-order valence-electron chi connectivity index (χ4n) is 4.95. The SMILES string of the molecule is O=C1CC(c2ccco2)CC2=C1C(c1ccco1)N(C(=O)Cc1cccs1)c1ccccc1N2.[Cl-]. The lowest BCUT2D eigenvalue weighted by molar-refractivity contribution is -0.118. The highest BCUT2D eigenvalue weighted by molar-refractivity contribution is 7.10. The van der Waals surface area contributed by atoms with Gasteiger partial charge in [-0.2, -0.15) is 0 Å². The largest absolute Gasteiger partial charge is 1.00 e. The number of rotatable bonds is 4. The number of nitrogens with one attached hydrogen (secondary N) is 1. The van der Waals surface area contributed by atoms with Crippen molar-refractivity contribution >= 4 is 34.4 Å². The molecule has 3 aromatic heterocycles. The number of carbonyl (C=O) groups is 2. The molecule has 35 heavy (non-hydrogen) atoms. The zero-order valence-electron chi connectivity index (χ0n) is 18.6. The van der Waals surface area contributed by atoms with Crippen molar-refractivity contribution in [3.8, 4) is 0 Å². The van der Waals surface area contributed by atoms with Gasteiger partial charge in [-0.1, -0.05) is 18.2 Å². The van der Waals surface area contributed by atoms with E-state index in [9.17, 15) is 9.59 Å². The number of ketones is 1. The molecule has 0 spiro atoms. The number of halogens is 1. The number of Topliss-reactive ketones (excluding diaryl/α,β-unsaturated/α-hetero) is 1. The molecule has 2 aliphatic rings. The highest BCUT2D eigenvalue weighted by Crippen LogP contribution is 2.47. The number of furan rings is 2. The number of hydrogen-bond donors (Lipinski definition) is 1. The zero-order chi connectivity index (χ0) is 23.1. The van der Waals surface area contributed by atoms with Crippen LogP contribution < -0.4 is 22.6 Å². The maximum absolute atomic E-state index is 13.8. The second-order valence-electron chi connectivity index (χ2n) is 8.52. The molecule has 0 bridgehead atoms. The van der Waals surface area contributed by atoms with Crippen molar-refractivity contribution in [3.05, 3.63) is 106 Å². The molecule has 6 nitrogen and oxygen atoms in total. The Kier molecular flexibility index (Phi) is 6.36. The number of anilines is 2. The topological polar surface area (TPSA) is 75.7 Å². The molecule has 6 rings (SSSR count). The van der Waals surface area contributed by atoms with Crippen LogP contribution in [0.1, 0.15) is 41.2 Å². The van der Waals surface area contributed by atoms with Crippen molar-refractivity contribution in [2.45, 2.75) is 31.2 Å². The molecule has 0 saturated carbocycles. The van der Waals surface area contributed by atoms with Gasteiger partial charge in [0.2, 0.25) is 5.91 Å². The van der Waals surface area contributed by atoms with Crippen LogP contribution in [0, 0.1) is 0 Å². The van der Waals surface area contributed by atoms with Gasteiger partial charge in [0.1, 0.15) is 17.6 Å². The van der Waals surface area contributed by atoms with Gasteiger partial charge in [0.05, 0.1) is 30.3 Å². The quantitative estimate of drug-likeness (QED) is 0.461. The first-order valence-corrected chi connectivity index (χ1v) is 12.1. The van der Waals surface area contributed by atoms with Gasteiger partial charge in [-0.15, -0.1) is 11.3 Å². The summed E-state index contributed by atoms with van der Waals surface area (Å²) in [7, 11) is 0. The number of hydrogen-bond acceptors (Lipinski definition) is 6. The molecule has 0 radical (unpaired) electrons. The standard InChI is InChI=1S/C27H22N2O4S.ClH/c30-22-15-17(23-9-3-11-32-23)14-20-26(22)27(24-10-4-12-33-24)29(21-8-2-1-7-19(21)28-20)25(31)16-18-6-5-13-34-18;/h1-13,17,27-28H,14-16H2;1H/p-1. The summed E-state index contributed by atoms with van der Waals surface area (Å²) in [6.07, 6.45) is 4.38. The summed E-state index contributed by atoms with van der Waals surface area (Å²) in [6, 6.07) is 18.3. The summed E-state index contributed by atoms with van der Waals surface area (Å²) in [5, 5.41) is 5.47. The Morgan fingerprint density at radius 1 is 0.971 bits per heavy atom. The van der Waals surface area contributed by atoms with Crippen LogP contribution >= 0.6 is 11.3 Å². The Labute approximate surface area is 212 Å². The second kappa shape index (κ2) is 9.60. The van der Waals surface area contributed by atoms with Gasteiger partial charge in [-0.05, 0) is 54.3 Å². The fourth-order valence-corrected chi connectivity index (χ4v) is 5.65. The van der Waals surface area contributed by atoms with Gasteiger partial charge < -0.3 is 26.6 Å². The Hall–Kier alpha value is -3.55. The third kappa shape index (κ3) is 4.22. The Morgan fingerprint density at radius 3 is 2.46 bits per heavy atom. The molecule has 2 atom stereocenters. The molecule has 1 aromatic carbocycles. The number of amides is 1. The zero-order valence-corrected chi connectivity index (χ0v) is 20.2. The minimum absolute atomic E-state index is 0. The summed E-state index contributed by atoms with van der Waals surface area (Å²) in [4.78, 5) is 30.2. The molecule has 0 fully saturated rings. The van der Waals surface area contributed by atoms with Gasteiger partial charge >= 0.3 is 0 Å². The van der Waals surface area contributed by atoms with Crippen LogP contribution in [0.3, 0.4) is 0 Å². The minimum atomic E-state index is -0.654. The third-order valence-corrected chi connectivity index (χ3v) is 7.30.